The number of rotatable bonds is 2. The van der Waals surface area contributed by atoms with E-state index in [9.17, 15) is 9.90 Å². The number of carboxylic acid groups (broad SMARTS) is 1. The number of anilines is 1. The molecule has 3 rings (SSSR count). The van der Waals surface area contributed by atoms with Gasteiger partial charge in [0, 0.05) is 36.6 Å². The fourth-order valence-electron chi connectivity index (χ4n) is 3.13. The first-order valence-electron chi connectivity index (χ1n) is 6.41. The molecule has 4 heteroatoms. The molecular formula is C14H17N2O2-. The van der Waals surface area contributed by atoms with Gasteiger partial charge in [0.1, 0.15) is 0 Å². The highest BCUT2D eigenvalue weighted by atomic mass is 16.4. The molecule has 2 aliphatic heterocycles. The van der Waals surface area contributed by atoms with E-state index in [4.69, 9.17) is 0 Å². The third-order valence-corrected chi connectivity index (χ3v) is 4.02. The van der Waals surface area contributed by atoms with Crippen molar-refractivity contribution in [1.82, 2.24) is 4.90 Å². The Morgan fingerprint density at radius 2 is 2.39 bits per heavy atom. The molecule has 0 unspecified atom stereocenters. The Hall–Kier alpha value is -1.55. The van der Waals surface area contributed by atoms with Gasteiger partial charge in [0.05, 0.1) is 0 Å². The molecule has 1 aromatic carbocycles. The Bertz CT molecular complexity index is 487. The lowest BCUT2D eigenvalue weighted by molar-refractivity contribution is -0.304. The summed E-state index contributed by atoms with van der Waals surface area (Å²) >= 11 is 0. The molecule has 96 valence electrons. The lowest BCUT2D eigenvalue weighted by atomic mass is 9.89. The van der Waals surface area contributed by atoms with Crippen molar-refractivity contribution in [2.75, 3.05) is 25.5 Å². The first-order chi connectivity index (χ1) is 8.63. The third kappa shape index (κ3) is 1.97. The van der Waals surface area contributed by atoms with E-state index in [1.54, 1.807) is 0 Å². The highest BCUT2D eigenvalue weighted by Crippen LogP contribution is 2.40. The maximum atomic E-state index is 10.7. The number of carbonyl (C=O) groups excluding carboxylic acids is 1. The van der Waals surface area contributed by atoms with Gasteiger partial charge in [-0.1, -0.05) is 12.1 Å². The van der Waals surface area contributed by atoms with Gasteiger partial charge in [-0.3, -0.25) is 0 Å². The summed E-state index contributed by atoms with van der Waals surface area (Å²) in [6.07, 6.45) is 1.15. The van der Waals surface area contributed by atoms with E-state index in [-0.39, 0.29) is 6.42 Å². The van der Waals surface area contributed by atoms with Crippen LogP contribution in [0.4, 0.5) is 5.69 Å². The standard InChI is InChI=1S/C14H18N2O2/c1-16-5-4-13-11(8-16)10-6-9(7-14(17)18)2-3-12(10)15-13/h2-3,6,11,13,15H,4-5,7-8H2,1H3,(H,17,18)/p-1/t11-,13-/m0/s1. The van der Waals surface area contributed by atoms with Gasteiger partial charge in [-0.2, -0.15) is 0 Å². The van der Waals surface area contributed by atoms with E-state index >= 15 is 0 Å². The van der Waals surface area contributed by atoms with Crippen LogP contribution in [0.1, 0.15) is 23.5 Å². The average molecular weight is 245 g/mol. The minimum Gasteiger partial charge on any atom is -0.550 e. The minimum atomic E-state index is -1.02. The molecule has 0 saturated carbocycles. The van der Waals surface area contributed by atoms with Crippen LogP contribution in [0, 0.1) is 0 Å². The molecule has 1 fully saturated rings. The molecule has 0 aliphatic carbocycles. The summed E-state index contributed by atoms with van der Waals surface area (Å²) in [7, 11) is 2.14. The van der Waals surface area contributed by atoms with Crippen LogP contribution < -0.4 is 10.4 Å². The van der Waals surface area contributed by atoms with Crippen molar-refractivity contribution in [1.29, 1.82) is 0 Å². The number of nitrogens with zero attached hydrogens (tertiary/aromatic N) is 1. The maximum Gasteiger partial charge on any atom is 0.0458 e. The molecule has 2 atom stereocenters. The molecule has 1 saturated heterocycles. The topological polar surface area (TPSA) is 55.4 Å². The normalized spacial score (nSPS) is 26.3. The van der Waals surface area contributed by atoms with Crippen LogP contribution in [-0.4, -0.2) is 37.0 Å². The van der Waals surface area contributed by atoms with Crippen LogP contribution in [0.3, 0.4) is 0 Å². The molecule has 0 aromatic heterocycles. The molecule has 1 aromatic rings. The van der Waals surface area contributed by atoms with Crippen LogP contribution in [-0.2, 0) is 11.2 Å². The smallest absolute Gasteiger partial charge is 0.0458 e. The first-order valence-corrected chi connectivity index (χ1v) is 6.41. The fourth-order valence-corrected chi connectivity index (χ4v) is 3.13. The minimum absolute atomic E-state index is 0.000502. The summed E-state index contributed by atoms with van der Waals surface area (Å²) in [6.45, 7) is 2.16. The van der Waals surface area contributed by atoms with Crippen LogP contribution in [0.15, 0.2) is 18.2 Å². The van der Waals surface area contributed by atoms with Crippen LogP contribution >= 0.6 is 0 Å². The molecule has 18 heavy (non-hydrogen) atoms. The summed E-state index contributed by atoms with van der Waals surface area (Å²) in [5, 5.41) is 14.2. The maximum absolute atomic E-state index is 10.7. The predicted octanol–water partition coefficient (Wildman–Crippen LogP) is 0.192. The number of aliphatic carboxylic acids is 1. The van der Waals surface area contributed by atoms with E-state index < -0.39 is 5.97 Å². The van der Waals surface area contributed by atoms with Gasteiger partial charge in [-0.25, -0.2) is 0 Å². The monoisotopic (exact) mass is 245 g/mol. The summed E-state index contributed by atoms with van der Waals surface area (Å²) in [5.41, 5.74) is 3.28. The number of hydrogen-bond donors (Lipinski definition) is 1. The molecule has 0 radical (unpaired) electrons. The summed E-state index contributed by atoms with van der Waals surface area (Å²) in [4.78, 5) is 13.0. The molecule has 0 amide bonds. The zero-order chi connectivity index (χ0) is 12.7. The fraction of sp³-hybridized carbons (Fsp3) is 0.500. The predicted molar refractivity (Wildman–Crippen MR) is 67.4 cm³/mol. The second-order valence-electron chi connectivity index (χ2n) is 5.38. The molecule has 4 nitrogen and oxygen atoms in total. The number of fused-ring (bicyclic) bond motifs is 3. The first kappa shape index (κ1) is 11.5. The zero-order valence-electron chi connectivity index (χ0n) is 10.5. The number of likely N-dealkylation sites (tertiary alicyclic amines) is 1. The van der Waals surface area contributed by atoms with Crippen LogP contribution in [0.25, 0.3) is 0 Å². The summed E-state index contributed by atoms with van der Waals surface area (Å²) < 4.78 is 0. The highest BCUT2D eigenvalue weighted by molar-refractivity contribution is 5.69. The number of hydrogen-bond acceptors (Lipinski definition) is 4. The summed E-state index contributed by atoms with van der Waals surface area (Å²) in [5.74, 6) is -0.529. The van der Waals surface area contributed by atoms with Crippen molar-refractivity contribution in [3.05, 3.63) is 29.3 Å². The molecule has 2 aliphatic rings. The number of nitrogens with one attached hydrogen (secondary N) is 1. The number of benzene rings is 1. The lowest BCUT2D eigenvalue weighted by Gasteiger charge is -2.32. The van der Waals surface area contributed by atoms with Gasteiger partial charge in [-0.15, -0.1) is 0 Å². The molecule has 1 N–H and O–H groups in total. The number of carboxylic acids is 1. The van der Waals surface area contributed by atoms with Gasteiger partial charge in [0.25, 0.3) is 0 Å². The average Bonchev–Trinajstić information content (AvgIpc) is 2.66. The molecule has 0 bridgehead atoms. The molecular weight excluding hydrogens is 228 g/mol. The quantitative estimate of drug-likeness (QED) is 0.808. The van der Waals surface area contributed by atoms with Crippen LogP contribution in [0.2, 0.25) is 0 Å². The third-order valence-electron chi connectivity index (χ3n) is 4.02. The van der Waals surface area contributed by atoms with E-state index in [0.29, 0.717) is 12.0 Å². The molecule has 0 spiro atoms. The molecule has 2 heterocycles. The van der Waals surface area contributed by atoms with Crippen molar-refractivity contribution in [3.63, 3.8) is 0 Å². The van der Waals surface area contributed by atoms with Gasteiger partial charge in [-0.05, 0) is 37.2 Å². The lowest BCUT2D eigenvalue weighted by Crippen LogP contribution is -2.39. The van der Waals surface area contributed by atoms with Crippen molar-refractivity contribution in [2.45, 2.75) is 24.8 Å². The van der Waals surface area contributed by atoms with E-state index in [0.717, 1.165) is 25.1 Å². The zero-order valence-corrected chi connectivity index (χ0v) is 10.5. The Morgan fingerprint density at radius 1 is 1.56 bits per heavy atom. The highest BCUT2D eigenvalue weighted by Gasteiger charge is 2.35. The van der Waals surface area contributed by atoms with Gasteiger partial charge in [0.15, 0.2) is 0 Å². The van der Waals surface area contributed by atoms with Crippen molar-refractivity contribution < 1.29 is 9.90 Å². The number of carbonyl (C=O) groups is 1. The van der Waals surface area contributed by atoms with Crippen LogP contribution in [0.5, 0.6) is 0 Å². The Labute approximate surface area is 107 Å². The largest absolute Gasteiger partial charge is 0.550 e. The van der Waals surface area contributed by atoms with Gasteiger partial charge >= 0.3 is 0 Å². The Balaban J connectivity index is 1.90. The van der Waals surface area contributed by atoms with Gasteiger partial charge in [0.2, 0.25) is 0 Å². The van der Waals surface area contributed by atoms with Gasteiger partial charge < -0.3 is 20.1 Å². The van der Waals surface area contributed by atoms with Crippen molar-refractivity contribution >= 4 is 11.7 Å². The van der Waals surface area contributed by atoms with E-state index in [1.165, 1.54) is 11.3 Å². The second-order valence-corrected chi connectivity index (χ2v) is 5.38. The van der Waals surface area contributed by atoms with E-state index in [2.05, 4.69) is 17.3 Å². The number of likely N-dealkylation sites (N-methyl/N-ethyl adjacent to an activating group) is 1. The van der Waals surface area contributed by atoms with Crippen molar-refractivity contribution in [2.24, 2.45) is 0 Å². The van der Waals surface area contributed by atoms with Crippen molar-refractivity contribution in [3.8, 4) is 0 Å². The Kier molecular flexibility index (Phi) is 2.74. The second kappa shape index (κ2) is 4.28. The number of piperidine rings is 1. The Morgan fingerprint density at radius 3 is 3.17 bits per heavy atom. The summed E-state index contributed by atoms with van der Waals surface area (Å²) in [6, 6.07) is 6.42. The van der Waals surface area contributed by atoms with E-state index in [1.807, 2.05) is 18.2 Å². The SMILES string of the molecule is CN1CC[C@@H]2Nc3ccc(CC(=O)[O-])cc3[C@@H]2C1.